The smallest absolute Gasteiger partial charge is 0.261 e. The number of hydrogen-bond donors (Lipinski definition) is 4. The highest BCUT2D eigenvalue weighted by Crippen LogP contribution is 2.43. The van der Waals surface area contributed by atoms with Crippen LogP contribution in [-0.2, 0) is 0 Å². The van der Waals surface area contributed by atoms with E-state index in [0.29, 0.717) is 16.3 Å². The molecule has 0 unspecified atom stereocenters. The quantitative estimate of drug-likeness (QED) is 0.663. The minimum atomic E-state index is -0.548. The second-order valence-electron chi connectivity index (χ2n) is 4.72. The minimum Gasteiger partial charge on any atom is -0.492 e. The highest BCUT2D eigenvalue weighted by molar-refractivity contribution is 7.19. The molecule has 6 N–H and O–H groups in total. The SMILES string of the molecule is COc1c(NC2CCC(O)CC2)sc(C(N)=O)c1N. The van der Waals surface area contributed by atoms with Crippen LogP contribution in [0, 0.1) is 0 Å². The van der Waals surface area contributed by atoms with Gasteiger partial charge in [-0.15, -0.1) is 11.3 Å². The van der Waals surface area contributed by atoms with E-state index in [-0.39, 0.29) is 12.1 Å². The number of thiophene rings is 1. The summed E-state index contributed by atoms with van der Waals surface area (Å²) in [5.41, 5.74) is 11.4. The van der Waals surface area contributed by atoms with E-state index in [1.54, 1.807) is 0 Å². The predicted octanol–water partition coefficient (Wildman–Crippen LogP) is 1.15. The van der Waals surface area contributed by atoms with Gasteiger partial charge in [0.05, 0.1) is 13.2 Å². The van der Waals surface area contributed by atoms with Gasteiger partial charge in [-0.05, 0) is 25.7 Å². The first kappa shape index (κ1) is 14.0. The number of nitrogens with one attached hydrogen (secondary N) is 1. The molecule has 1 aromatic rings. The Morgan fingerprint density at radius 3 is 2.58 bits per heavy atom. The minimum absolute atomic E-state index is 0.200. The number of aliphatic hydroxyl groups excluding tert-OH is 1. The summed E-state index contributed by atoms with van der Waals surface area (Å²) in [7, 11) is 1.51. The highest BCUT2D eigenvalue weighted by atomic mass is 32.1. The molecule has 2 rings (SSSR count). The van der Waals surface area contributed by atoms with Gasteiger partial charge in [-0.1, -0.05) is 0 Å². The monoisotopic (exact) mass is 285 g/mol. The average molecular weight is 285 g/mol. The number of nitrogen functional groups attached to an aromatic ring is 1. The number of carbonyl (C=O) groups excluding carboxylic acids is 1. The molecule has 0 spiro atoms. The van der Waals surface area contributed by atoms with Crippen LogP contribution < -0.4 is 21.5 Å². The van der Waals surface area contributed by atoms with Crippen molar-refractivity contribution in [3.05, 3.63) is 4.88 Å². The summed E-state index contributed by atoms with van der Waals surface area (Å²) in [5.74, 6) is -0.0714. The van der Waals surface area contributed by atoms with Gasteiger partial charge in [0, 0.05) is 6.04 Å². The lowest BCUT2D eigenvalue weighted by Crippen LogP contribution is -2.27. The molecule has 19 heavy (non-hydrogen) atoms. The molecule has 0 bridgehead atoms. The fourth-order valence-corrected chi connectivity index (χ4v) is 3.33. The first-order chi connectivity index (χ1) is 9.02. The number of primary amides is 1. The van der Waals surface area contributed by atoms with Crippen LogP contribution in [0.2, 0.25) is 0 Å². The van der Waals surface area contributed by atoms with Crippen molar-refractivity contribution in [2.75, 3.05) is 18.2 Å². The van der Waals surface area contributed by atoms with Crippen molar-refractivity contribution in [1.29, 1.82) is 0 Å². The summed E-state index contributed by atoms with van der Waals surface area (Å²) in [6, 6.07) is 0.260. The van der Waals surface area contributed by atoms with E-state index in [9.17, 15) is 9.90 Å². The number of rotatable bonds is 4. The van der Waals surface area contributed by atoms with Crippen LogP contribution in [0.15, 0.2) is 0 Å². The van der Waals surface area contributed by atoms with Crippen LogP contribution in [0.1, 0.15) is 35.4 Å². The Labute approximate surface area is 115 Å². The molecule has 1 aromatic heterocycles. The van der Waals surface area contributed by atoms with Gasteiger partial charge >= 0.3 is 0 Å². The number of aliphatic hydroxyl groups is 1. The van der Waals surface area contributed by atoms with E-state index in [0.717, 1.165) is 30.7 Å². The number of nitrogens with two attached hydrogens (primary N) is 2. The molecule has 0 radical (unpaired) electrons. The highest BCUT2D eigenvalue weighted by Gasteiger charge is 2.24. The molecule has 1 amide bonds. The zero-order valence-corrected chi connectivity index (χ0v) is 11.6. The van der Waals surface area contributed by atoms with Crippen LogP contribution in [0.4, 0.5) is 10.7 Å². The standard InChI is InChI=1S/C12H19N3O3S/c1-18-9-8(13)10(11(14)17)19-12(9)15-6-2-4-7(16)5-3-6/h6-7,15-16H,2-5,13H2,1H3,(H2,14,17). The fraction of sp³-hybridized carbons (Fsp3) is 0.583. The molecule has 7 heteroatoms. The lowest BCUT2D eigenvalue weighted by atomic mass is 9.93. The van der Waals surface area contributed by atoms with Crippen molar-refractivity contribution in [3.63, 3.8) is 0 Å². The van der Waals surface area contributed by atoms with E-state index < -0.39 is 5.91 Å². The van der Waals surface area contributed by atoms with Crippen molar-refractivity contribution in [2.24, 2.45) is 5.73 Å². The molecule has 1 aliphatic carbocycles. The molecule has 0 aliphatic heterocycles. The summed E-state index contributed by atoms with van der Waals surface area (Å²) in [4.78, 5) is 11.6. The van der Waals surface area contributed by atoms with Crippen molar-refractivity contribution in [1.82, 2.24) is 0 Å². The van der Waals surface area contributed by atoms with E-state index in [2.05, 4.69) is 5.32 Å². The van der Waals surface area contributed by atoms with E-state index in [4.69, 9.17) is 16.2 Å². The maximum atomic E-state index is 11.3. The number of anilines is 2. The molecule has 0 aromatic carbocycles. The Balaban J connectivity index is 2.15. The van der Waals surface area contributed by atoms with E-state index >= 15 is 0 Å². The lowest BCUT2D eigenvalue weighted by molar-refractivity contribution is 0.100. The van der Waals surface area contributed by atoms with Gasteiger partial charge in [-0.3, -0.25) is 4.79 Å². The first-order valence-electron chi connectivity index (χ1n) is 6.23. The summed E-state index contributed by atoms with van der Waals surface area (Å²) in [5, 5.41) is 13.5. The second-order valence-corrected chi connectivity index (χ2v) is 5.74. The van der Waals surface area contributed by atoms with Crippen LogP contribution in [0.25, 0.3) is 0 Å². The van der Waals surface area contributed by atoms with Gasteiger partial charge < -0.3 is 26.6 Å². The van der Waals surface area contributed by atoms with Crippen molar-refractivity contribution in [3.8, 4) is 5.75 Å². The van der Waals surface area contributed by atoms with E-state index in [1.165, 1.54) is 18.4 Å². The summed E-state index contributed by atoms with van der Waals surface area (Å²) >= 11 is 1.22. The predicted molar refractivity (Wildman–Crippen MR) is 75.7 cm³/mol. The molecule has 6 nitrogen and oxygen atoms in total. The molecule has 1 aliphatic rings. The average Bonchev–Trinajstić information content (AvgIpc) is 2.68. The molecule has 0 atom stereocenters. The fourth-order valence-electron chi connectivity index (χ4n) is 2.32. The molecule has 106 valence electrons. The largest absolute Gasteiger partial charge is 0.492 e. The second kappa shape index (κ2) is 5.66. The summed E-state index contributed by atoms with van der Waals surface area (Å²) in [6.45, 7) is 0. The van der Waals surface area contributed by atoms with Gasteiger partial charge in [0.15, 0.2) is 5.75 Å². The third kappa shape index (κ3) is 2.93. The van der Waals surface area contributed by atoms with Gasteiger partial charge in [0.1, 0.15) is 15.6 Å². The number of ether oxygens (including phenoxy) is 1. The molecular weight excluding hydrogens is 266 g/mol. The number of methoxy groups -OCH3 is 1. The molecule has 1 saturated carbocycles. The normalized spacial score (nSPS) is 23.1. The first-order valence-corrected chi connectivity index (χ1v) is 7.05. The van der Waals surface area contributed by atoms with Crippen LogP contribution in [-0.4, -0.2) is 30.3 Å². The van der Waals surface area contributed by atoms with E-state index in [1.807, 2.05) is 0 Å². The Bertz CT molecular complexity index is 467. The van der Waals surface area contributed by atoms with Gasteiger partial charge in [0.2, 0.25) is 0 Å². The maximum absolute atomic E-state index is 11.3. The molecule has 0 saturated heterocycles. The van der Waals surface area contributed by atoms with Gasteiger partial charge in [0.25, 0.3) is 5.91 Å². The third-order valence-electron chi connectivity index (χ3n) is 3.36. The Morgan fingerprint density at radius 1 is 1.42 bits per heavy atom. The topological polar surface area (TPSA) is 111 Å². The Kier molecular flexibility index (Phi) is 4.16. The summed E-state index contributed by atoms with van der Waals surface area (Å²) < 4.78 is 5.24. The zero-order chi connectivity index (χ0) is 14.0. The molecule has 1 fully saturated rings. The molecular formula is C12H19N3O3S. The molecule has 1 heterocycles. The van der Waals surface area contributed by atoms with Crippen LogP contribution in [0.3, 0.4) is 0 Å². The third-order valence-corrected chi connectivity index (χ3v) is 4.49. The summed E-state index contributed by atoms with van der Waals surface area (Å²) in [6.07, 6.45) is 3.13. The number of carbonyl (C=O) groups is 1. The van der Waals surface area contributed by atoms with Crippen LogP contribution in [0.5, 0.6) is 5.75 Å². The van der Waals surface area contributed by atoms with Crippen molar-refractivity contribution < 1.29 is 14.6 Å². The van der Waals surface area contributed by atoms with Crippen molar-refractivity contribution in [2.45, 2.75) is 37.8 Å². The Hall–Kier alpha value is -1.47. The number of hydrogen-bond acceptors (Lipinski definition) is 6. The maximum Gasteiger partial charge on any atom is 0.261 e. The lowest BCUT2D eigenvalue weighted by Gasteiger charge is -2.26. The van der Waals surface area contributed by atoms with Gasteiger partial charge in [-0.25, -0.2) is 0 Å². The van der Waals surface area contributed by atoms with Gasteiger partial charge in [-0.2, -0.15) is 0 Å². The Morgan fingerprint density at radius 2 is 2.05 bits per heavy atom. The van der Waals surface area contributed by atoms with Crippen LogP contribution >= 0.6 is 11.3 Å². The number of amides is 1. The zero-order valence-electron chi connectivity index (χ0n) is 10.8. The van der Waals surface area contributed by atoms with Crippen molar-refractivity contribution >= 4 is 27.9 Å².